The molecule has 2 unspecified atom stereocenters. The zero-order valence-electron chi connectivity index (χ0n) is 16.5. The molecule has 1 saturated carbocycles. The molecule has 0 amide bonds. The van der Waals surface area contributed by atoms with Crippen LogP contribution in [0.1, 0.15) is 43.2 Å². The Bertz CT molecular complexity index is 764. The minimum Gasteiger partial charge on any atom is -0.508 e. The van der Waals surface area contributed by atoms with Gasteiger partial charge in [0.15, 0.2) is 12.2 Å². The van der Waals surface area contributed by atoms with Crippen LogP contribution in [0.3, 0.4) is 0 Å². The third-order valence-corrected chi connectivity index (χ3v) is 6.90. The number of phenols is 1. The van der Waals surface area contributed by atoms with E-state index >= 15 is 0 Å². The number of likely N-dealkylation sites (tertiary alicyclic amines) is 1. The number of aromatic hydroxyl groups is 1. The molecule has 5 atom stereocenters. The van der Waals surface area contributed by atoms with E-state index < -0.39 is 24.1 Å². The molecule has 4 rings (SSSR count). The summed E-state index contributed by atoms with van der Waals surface area (Å²) in [7, 11) is 2.30. The zero-order valence-corrected chi connectivity index (χ0v) is 16.5. The summed E-state index contributed by atoms with van der Waals surface area (Å²) in [6, 6.07) is 6.85. The molecule has 0 aromatic heterocycles. The molecule has 5 N–H and O–H groups in total. The van der Waals surface area contributed by atoms with Crippen LogP contribution in [0.25, 0.3) is 0 Å². The Morgan fingerprint density at radius 2 is 1.76 bits per heavy atom. The first kappa shape index (κ1) is 21.5. The number of nitrogens with zero attached hydrogens (tertiary/aromatic N) is 1. The lowest BCUT2D eigenvalue weighted by atomic mass is 9.52. The van der Waals surface area contributed by atoms with Crippen LogP contribution >= 0.6 is 0 Å². The van der Waals surface area contributed by atoms with E-state index in [2.05, 4.69) is 24.1 Å². The van der Waals surface area contributed by atoms with Crippen molar-refractivity contribution in [2.75, 3.05) is 13.6 Å². The number of carbonyl (C=O) groups is 2. The third kappa shape index (κ3) is 3.97. The second-order valence-corrected chi connectivity index (χ2v) is 8.42. The van der Waals surface area contributed by atoms with Gasteiger partial charge >= 0.3 is 11.9 Å². The number of piperidine rings is 1. The third-order valence-electron chi connectivity index (χ3n) is 6.90. The van der Waals surface area contributed by atoms with Gasteiger partial charge in [0.2, 0.25) is 0 Å². The van der Waals surface area contributed by atoms with Crippen molar-refractivity contribution in [3.05, 3.63) is 29.3 Å². The maximum atomic E-state index is 9.91. The molecule has 29 heavy (non-hydrogen) atoms. The molecular formula is C21H29NO7. The molecule has 1 aliphatic heterocycles. The largest absolute Gasteiger partial charge is 0.508 e. The van der Waals surface area contributed by atoms with E-state index in [1.165, 1.54) is 56.2 Å². The van der Waals surface area contributed by atoms with Crippen molar-refractivity contribution >= 4 is 11.9 Å². The van der Waals surface area contributed by atoms with E-state index in [0.717, 1.165) is 12.0 Å². The number of carboxylic acids is 2. The average molecular weight is 407 g/mol. The van der Waals surface area contributed by atoms with Crippen molar-refractivity contribution in [1.82, 2.24) is 4.90 Å². The second-order valence-electron chi connectivity index (χ2n) is 8.42. The van der Waals surface area contributed by atoms with E-state index in [1.54, 1.807) is 0 Å². The molecule has 8 nitrogen and oxygen atoms in total. The molecule has 1 saturated heterocycles. The number of carboxylic acid groups (broad SMARTS) is 2. The van der Waals surface area contributed by atoms with Crippen LogP contribution in [0.4, 0.5) is 0 Å². The number of phenolic OH excluding ortho intramolecular Hbond substituents is 1. The highest BCUT2D eigenvalue weighted by atomic mass is 16.4. The second kappa shape index (κ2) is 8.30. The Labute approximate surface area is 169 Å². The zero-order chi connectivity index (χ0) is 21.3. The van der Waals surface area contributed by atoms with Gasteiger partial charge in [-0.05, 0) is 68.5 Å². The van der Waals surface area contributed by atoms with Gasteiger partial charge in [-0.3, -0.25) is 0 Å². The van der Waals surface area contributed by atoms with E-state index in [4.69, 9.17) is 20.4 Å². The summed E-state index contributed by atoms with van der Waals surface area (Å²) in [6.07, 6.45) is 3.39. The molecule has 1 aromatic carbocycles. The first-order chi connectivity index (χ1) is 13.7. The Morgan fingerprint density at radius 1 is 1.10 bits per heavy atom. The van der Waals surface area contributed by atoms with Crippen molar-refractivity contribution in [2.45, 2.75) is 62.2 Å². The highest BCUT2D eigenvalue weighted by molar-refractivity contribution is 5.83. The van der Waals surface area contributed by atoms with Crippen LogP contribution in [0.15, 0.2) is 18.2 Å². The van der Waals surface area contributed by atoms with Crippen molar-refractivity contribution in [2.24, 2.45) is 5.92 Å². The van der Waals surface area contributed by atoms with Crippen LogP contribution in [0, 0.1) is 5.92 Å². The number of aliphatic hydroxyl groups is 2. The minimum atomic E-state index is -2.27. The summed E-state index contributed by atoms with van der Waals surface area (Å²) in [5.41, 5.74) is 3.36. The number of hydrogen-bond donors (Lipinski definition) is 5. The number of benzene rings is 1. The summed E-state index contributed by atoms with van der Waals surface area (Å²) in [4.78, 5) is 22.1. The normalized spacial score (nSPS) is 30.0. The number of likely N-dealkylation sites (N-methyl/N-ethyl adjacent to an activating group) is 1. The van der Waals surface area contributed by atoms with Crippen molar-refractivity contribution in [3.8, 4) is 5.75 Å². The molecular weight excluding hydrogens is 378 g/mol. The molecule has 2 bridgehead atoms. The van der Waals surface area contributed by atoms with Crippen molar-refractivity contribution in [1.29, 1.82) is 0 Å². The van der Waals surface area contributed by atoms with Gasteiger partial charge in [-0.2, -0.15) is 0 Å². The summed E-state index contributed by atoms with van der Waals surface area (Å²) in [5, 5.41) is 42.4. The smallest absolute Gasteiger partial charge is 0.335 e. The number of aliphatic carboxylic acids is 2. The van der Waals surface area contributed by atoms with Gasteiger partial charge in [0.1, 0.15) is 5.75 Å². The van der Waals surface area contributed by atoms with Crippen molar-refractivity contribution < 1.29 is 35.1 Å². The topological polar surface area (TPSA) is 139 Å². The fraction of sp³-hybridized carbons (Fsp3) is 0.619. The van der Waals surface area contributed by atoms with Crippen LogP contribution in [-0.2, 0) is 21.4 Å². The predicted molar refractivity (Wildman–Crippen MR) is 104 cm³/mol. The molecule has 1 aromatic rings. The minimum absolute atomic E-state index is 0.377. The lowest BCUT2D eigenvalue weighted by Gasteiger charge is -2.58. The van der Waals surface area contributed by atoms with E-state index in [0.29, 0.717) is 11.2 Å². The quantitative estimate of drug-likeness (QED) is 0.499. The Kier molecular flexibility index (Phi) is 6.16. The van der Waals surface area contributed by atoms with E-state index in [9.17, 15) is 14.7 Å². The van der Waals surface area contributed by atoms with Gasteiger partial charge < -0.3 is 30.4 Å². The van der Waals surface area contributed by atoms with E-state index in [-0.39, 0.29) is 0 Å². The monoisotopic (exact) mass is 407 g/mol. The summed E-state index contributed by atoms with van der Waals surface area (Å²) in [5.74, 6) is -2.27. The molecule has 2 fully saturated rings. The Morgan fingerprint density at radius 3 is 2.38 bits per heavy atom. The SMILES string of the molecule is CN1CC[C@@]23CCCC[C@@H]2[C@H]1Cc1ccc(O)cc13.O=C(O)C(O)C(O)C(=O)O. The highest BCUT2D eigenvalue weighted by Crippen LogP contribution is 2.55. The first-order valence-electron chi connectivity index (χ1n) is 10.0. The van der Waals surface area contributed by atoms with Gasteiger partial charge in [-0.25, -0.2) is 9.59 Å². The number of fused-ring (bicyclic) bond motifs is 1. The van der Waals surface area contributed by atoms with Gasteiger partial charge in [0, 0.05) is 11.5 Å². The molecule has 2 aliphatic carbocycles. The molecule has 8 heteroatoms. The Balaban J connectivity index is 0.000000207. The highest BCUT2D eigenvalue weighted by Gasteiger charge is 2.53. The standard InChI is InChI=1S/C17H23NO.C4H6O6/c1-18-9-8-17-7-3-2-4-14(17)16(18)10-12-5-6-13(19)11-15(12)17;5-1(3(7)8)2(6)4(9)10/h5-6,11,14,16,19H,2-4,7-10H2,1H3;1-2,5-6H,(H,7,8)(H,9,10)/t14-,16-,17+;/m1./s1. The van der Waals surface area contributed by atoms with Gasteiger partial charge in [0.05, 0.1) is 0 Å². The summed E-state index contributed by atoms with van der Waals surface area (Å²) < 4.78 is 0. The van der Waals surface area contributed by atoms with Crippen LogP contribution in [-0.4, -0.2) is 74.2 Å². The van der Waals surface area contributed by atoms with Crippen LogP contribution < -0.4 is 0 Å². The lowest BCUT2D eigenvalue weighted by molar-refractivity contribution is -0.165. The first-order valence-corrected chi connectivity index (χ1v) is 10.0. The maximum Gasteiger partial charge on any atom is 0.335 e. The average Bonchev–Trinajstić information content (AvgIpc) is 2.70. The lowest BCUT2D eigenvalue weighted by Crippen LogP contribution is -2.59. The Hall–Kier alpha value is -2.16. The van der Waals surface area contributed by atoms with E-state index in [1.807, 2.05) is 6.07 Å². The van der Waals surface area contributed by atoms with Crippen LogP contribution in [0.5, 0.6) is 5.75 Å². The number of hydrogen-bond acceptors (Lipinski definition) is 6. The molecule has 160 valence electrons. The van der Waals surface area contributed by atoms with Gasteiger partial charge in [-0.15, -0.1) is 0 Å². The van der Waals surface area contributed by atoms with Gasteiger partial charge in [0.25, 0.3) is 0 Å². The number of aliphatic hydroxyl groups excluding tert-OH is 2. The fourth-order valence-corrected chi connectivity index (χ4v) is 5.45. The van der Waals surface area contributed by atoms with Gasteiger partial charge in [-0.1, -0.05) is 18.9 Å². The predicted octanol–water partition coefficient (Wildman–Crippen LogP) is 0.958. The van der Waals surface area contributed by atoms with Crippen molar-refractivity contribution in [3.63, 3.8) is 0 Å². The fourth-order valence-electron chi connectivity index (χ4n) is 5.45. The molecule has 3 aliphatic rings. The summed E-state index contributed by atoms with van der Waals surface area (Å²) in [6.45, 7) is 1.22. The number of rotatable bonds is 3. The molecule has 0 radical (unpaired) electrons. The maximum absolute atomic E-state index is 9.91. The molecule has 1 heterocycles. The van der Waals surface area contributed by atoms with Crippen LogP contribution in [0.2, 0.25) is 0 Å². The summed E-state index contributed by atoms with van der Waals surface area (Å²) >= 11 is 0. The molecule has 0 spiro atoms.